The third-order valence-electron chi connectivity index (χ3n) is 3.18. The van der Waals surface area contributed by atoms with Gasteiger partial charge in [-0.2, -0.15) is 0 Å². The summed E-state index contributed by atoms with van der Waals surface area (Å²) < 4.78 is 0. The molecule has 0 aromatic carbocycles. The maximum atomic E-state index is 10.8. The quantitative estimate of drug-likeness (QED) is 0.566. The minimum Gasteiger partial charge on any atom is -0.479 e. The maximum absolute atomic E-state index is 10.8. The van der Waals surface area contributed by atoms with Crippen LogP contribution in [-0.4, -0.2) is 21.8 Å². The monoisotopic (exact) mass is 230 g/mol. The van der Waals surface area contributed by atoms with E-state index in [9.17, 15) is 9.90 Å². The van der Waals surface area contributed by atoms with Gasteiger partial charge in [-0.3, -0.25) is 0 Å². The molecule has 96 valence electrons. The van der Waals surface area contributed by atoms with Gasteiger partial charge in [-0.25, -0.2) is 4.79 Å². The Morgan fingerprint density at radius 2 is 1.50 bits per heavy atom. The van der Waals surface area contributed by atoms with Crippen molar-refractivity contribution >= 4 is 5.97 Å². The summed E-state index contributed by atoms with van der Waals surface area (Å²) in [5.41, 5.74) is -1.50. The van der Waals surface area contributed by atoms with E-state index in [0.29, 0.717) is 6.42 Å². The van der Waals surface area contributed by atoms with Gasteiger partial charge in [0.15, 0.2) is 5.60 Å². The van der Waals surface area contributed by atoms with Crippen molar-refractivity contribution in [1.82, 2.24) is 0 Å². The van der Waals surface area contributed by atoms with Crippen molar-refractivity contribution in [1.29, 1.82) is 0 Å². The Labute approximate surface area is 98.9 Å². The molecule has 0 aliphatic heterocycles. The van der Waals surface area contributed by atoms with Crippen molar-refractivity contribution in [3.63, 3.8) is 0 Å². The van der Waals surface area contributed by atoms with Crippen LogP contribution in [0.15, 0.2) is 0 Å². The number of carbonyl (C=O) groups is 1. The molecule has 0 aliphatic rings. The molecule has 0 aliphatic carbocycles. The van der Waals surface area contributed by atoms with E-state index in [1.807, 2.05) is 0 Å². The summed E-state index contributed by atoms with van der Waals surface area (Å²) in [5.74, 6) is -1.08. The minimum atomic E-state index is -1.50. The van der Waals surface area contributed by atoms with Crippen molar-refractivity contribution in [2.75, 3.05) is 0 Å². The van der Waals surface area contributed by atoms with Gasteiger partial charge in [0.25, 0.3) is 0 Å². The van der Waals surface area contributed by atoms with E-state index in [4.69, 9.17) is 5.11 Å². The summed E-state index contributed by atoms with van der Waals surface area (Å²) in [4.78, 5) is 10.8. The van der Waals surface area contributed by atoms with Crippen molar-refractivity contribution in [3.05, 3.63) is 0 Å². The molecule has 0 heterocycles. The van der Waals surface area contributed by atoms with Crippen LogP contribution in [-0.2, 0) is 4.79 Å². The highest BCUT2D eigenvalue weighted by molar-refractivity contribution is 5.76. The Morgan fingerprint density at radius 1 is 1.00 bits per heavy atom. The minimum absolute atomic E-state index is 0.290. The van der Waals surface area contributed by atoms with Crippen molar-refractivity contribution < 1.29 is 15.0 Å². The first-order chi connectivity index (χ1) is 7.56. The lowest BCUT2D eigenvalue weighted by atomic mass is 9.93. The molecule has 0 saturated carbocycles. The molecular formula is C13H26O3. The molecule has 0 aromatic heterocycles. The third-order valence-corrected chi connectivity index (χ3v) is 3.18. The number of rotatable bonds is 10. The molecular weight excluding hydrogens is 204 g/mol. The molecule has 0 saturated heterocycles. The maximum Gasteiger partial charge on any atom is 0.335 e. The number of unbranched alkanes of at least 4 members (excludes halogenated alkanes) is 6. The number of aliphatic hydroxyl groups is 1. The normalized spacial score (nSPS) is 14.7. The fraction of sp³-hybridized carbons (Fsp3) is 0.923. The number of carboxylic acids is 1. The highest BCUT2D eigenvalue weighted by Gasteiger charge is 2.32. The lowest BCUT2D eigenvalue weighted by Crippen LogP contribution is -2.37. The van der Waals surface area contributed by atoms with Gasteiger partial charge in [0.1, 0.15) is 0 Å². The van der Waals surface area contributed by atoms with Crippen molar-refractivity contribution in [3.8, 4) is 0 Å². The Kier molecular flexibility index (Phi) is 8.26. The van der Waals surface area contributed by atoms with Crippen molar-refractivity contribution in [2.45, 2.75) is 77.2 Å². The van der Waals surface area contributed by atoms with Crippen LogP contribution in [0.4, 0.5) is 0 Å². The molecule has 0 radical (unpaired) electrons. The zero-order valence-corrected chi connectivity index (χ0v) is 10.7. The summed E-state index contributed by atoms with van der Waals surface area (Å²) in [5, 5.41) is 18.6. The van der Waals surface area contributed by atoms with Gasteiger partial charge in [0, 0.05) is 0 Å². The largest absolute Gasteiger partial charge is 0.479 e. The predicted octanol–water partition coefficient (Wildman–Crippen LogP) is 3.35. The molecule has 1 unspecified atom stereocenters. The highest BCUT2D eigenvalue weighted by Crippen LogP contribution is 2.20. The second-order valence-electron chi connectivity index (χ2n) is 4.56. The lowest BCUT2D eigenvalue weighted by molar-refractivity contribution is -0.159. The van der Waals surface area contributed by atoms with E-state index < -0.39 is 11.6 Å². The average molecular weight is 230 g/mol. The van der Waals surface area contributed by atoms with Gasteiger partial charge in [-0.1, -0.05) is 52.4 Å². The Hall–Kier alpha value is -0.570. The SMILES string of the molecule is CCCCCCCCCC(O)(CC)C(=O)O. The fourth-order valence-corrected chi connectivity index (χ4v) is 1.81. The molecule has 0 fully saturated rings. The molecule has 16 heavy (non-hydrogen) atoms. The van der Waals surface area contributed by atoms with Crippen LogP contribution in [0, 0.1) is 0 Å². The average Bonchev–Trinajstić information content (AvgIpc) is 2.27. The topological polar surface area (TPSA) is 57.5 Å². The van der Waals surface area contributed by atoms with Crippen LogP contribution in [0.25, 0.3) is 0 Å². The van der Waals surface area contributed by atoms with Gasteiger partial charge in [0.05, 0.1) is 0 Å². The smallest absolute Gasteiger partial charge is 0.335 e. The molecule has 3 nitrogen and oxygen atoms in total. The second-order valence-corrected chi connectivity index (χ2v) is 4.56. The number of aliphatic carboxylic acids is 1. The highest BCUT2D eigenvalue weighted by atomic mass is 16.4. The number of hydrogen-bond donors (Lipinski definition) is 2. The van der Waals surface area contributed by atoms with Crippen LogP contribution in [0.1, 0.15) is 71.6 Å². The van der Waals surface area contributed by atoms with Crippen LogP contribution in [0.2, 0.25) is 0 Å². The molecule has 0 aromatic rings. The van der Waals surface area contributed by atoms with E-state index in [-0.39, 0.29) is 6.42 Å². The first-order valence-electron chi connectivity index (χ1n) is 6.52. The first-order valence-corrected chi connectivity index (χ1v) is 6.52. The van der Waals surface area contributed by atoms with Gasteiger partial charge in [-0.15, -0.1) is 0 Å². The molecule has 1 atom stereocenters. The van der Waals surface area contributed by atoms with E-state index in [0.717, 1.165) is 19.3 Å². The number of hydrogen-bond acceptors (Lipinski definition) is 2. The van der Waals surface area contributed by atoms with Crippen molar-refractivity contribution in [2.24, 2.45) is 0 Å². The standard InChI is InChI=1S/C13H26O3/c1-3-5-6-7-8-9-10-11-13(16,4-2)12(14)15/h16H,3-11H2,1-2H3,(H,14,15). The third kappa shape index (κ3) is 6.11. The zero-order valence-electron chi connectivity index (χ0n) is 10.7. The summed E-state index contributed by atoms with van der Waals surface area (Å²) in [7, 11) is 0. The van der Waals surface area contributed by atoms with Gasteiger partial charge < -0.3 is 10.2 Å². The molecule has 0 bridgehead atoms. The van der Waals surface area contributed by atoms with Crippen LogP contribution in [0.3, 0.4) is 0 Å². The molecule has 0 rings (SSSR count). The van der Waals surface area contributed by atoms with Gasteiger partial charge in [0.2, 0.25) is 0 Å². The van der Waals surface area contributed by atoms with Gasteiger partial charge in [-0.05, 0) is 19.3 Å². The summed E-state index contributed by atoms with van der Waals surface area (Å²) >= 11 is 0. The summed E-state index contributed by atoms with van der Waals surface area (Å²) in [6, 6.07) is 0. The van der Waals surface area contributed by atoms with E-state index in [1.54, 1.807) is 6.92 Å². The predicted molar refractivity (Wildman–Crippen MR) is 65.5 cm³/mol. The Bertz CT molecular complexity index is 192. The van der Waals surface area contributed by atoms with Crippen LogP contribution < -0.4 is 0 Å². The first kappa shape index (κ1) is 15.4. The Morgan fingerprint density at radius 3 is 1.94 bits per heavy atom. The summed E-state index contributed by atoms with van der Waals surface area (Å²) in [6.07, 6.45) is 8.69. The van der Waals surface area contributed by atoms with E-state index >= 15 is 0 Å². The molecule has 0 spiro atoms. The van der Waals surface area contributed by atoms with E-state index in [1.165, 1.54) is 25.7 Å². The summed E-state index contributed by atoms with van der Waals surface area (Å²) in [6.45, 7) is 3.91. The zero-order chi connectivity index (χ0) is 12.4. The second kappa shape index (κ2) is 8.57. The molecule has 0 amide bonds. The molecule has 2 N–H and O–H groups in total. The molecule has 3 heteroatoms. The Balaban J connectivity index is 3.53. The lowest BCUT2D eigenvalue weighted by Gasteiger charge is -2.21. The number of carboxylic acid groups (broad SMARTS) is 1. The fourth-order valence-electron chi connectivity index (χ4n) is 1.81. The van der Waals surface area contributed by atoms with Crippen LogP contribution >= 0.6 is 0 Å². The van der Waals surface area contributed by atoms with Gasteiger partial charge >= 0.3 is 5.97 Å². The van der Waals surface area contributed by atoms with Crippen LogP contribution in [0.5, 0.6) is 0 Å². The van der Waals surface area contributed by atoms with E-state index in [2.05, 4.69) is 6.92 Å².